The largest absolute Gasteiger partial charge is 0.515 e. The monoisotopic (exact) mass is 128 g/mol. The van der Waals surface area contributed by atoms with Crippen LogP contribution in [0.1, 0.15) is 6.42 Å². The molecule has 9 heavy (non-hydrogen) atoms. The zero-order valence-electron chi connectivity index (χ0n) is 4.96. The van der Waals surface area contributed by atoms with Gasteiger partial charge in [0.2, 0.25) is 0 Å². The average Bonchev–Trinajstić information content (AvgIpc) is 1.89. The van der Waals surface area contributed by atoms with E-state index in [1.54, 1.807) is 0 Å². The number of rotatable bonds is 0. The molecule has 1 heterocycles. The maximum atomic E-state index is 10.7. The second kappa shape index (κ2) is 2.64. The van der Waals surface area contributed by atoms with Gasteiger partial charge in [-0.3, -0.25) is 4.79 Å². The van der Waals surface area contributed by atoms with Gasteiger partial charge in [-0.2, -0.15) is 0 Å². The van der Waals surface area contributed by atoms with E-state index in [1.165, 1.54) is 0 Å². The maximum absolute atomic E-state index is 10.7. The number of carbonyl (C=O) groups is 1. The van der Waals surface area contributed by atoms with Gasteiger partial charge in [0.25, 0.3) is 0 Å². The molecule has 0 aromatic heterocycles. The molecule has 0 saturated carbocycles. The summed E-state index contributed by atoms with van der Waals surface area (Å²) in [6.07, 6.45) is 1.22. The van der Waals surface area contributed by atoms with Crippen molar-refractivity contribution < 1.29 is 14.6 Å². The van der Waals surface area contributed by atoms with E-state index in [0.29, 0.717) is 18.6 Å². The Morgan fingerprint density at radius 2 is 2.44 bits per heavy atom. The van der Waals surface area contributed by atoms with Crippen molar-refractivity contribution in [3.63, 3.8) is 0 Å². The van der Waals surface area contributed by atoms with Crippen molar-refractivity contribution >= 4 is 5.78 Å². The first kappa shape index (κ1) is 6.29. The van der Waals surface area contributed by atoms with E-state index in [0.717, 1.165) is 6.26 Å². The summed E-state index contributed by atoms with van der Waals surface area (Å²) >= 11 is 0. The summed E-state index contributed by atoms with van der Waals surface area (Å²) in [7, 11) is 0. The molecule has 0 bridgehead atoms. The molecule has 3 nitrogen and oxygen atoms in total. The molecule has 1 saturated heterocycles. The summed E-state index contributed by atoms with van der Waals surface area (Å²) in [4.78, 5) is 10.7. The minimum absolute atomic E-state index is 0.0104. The molecule has 50 valence electrons. The third kappa shape index (κ3) is 1.29. The number of hydrogen-bond acceptors (Lipinski definition) is 3. The first-order valence-electron chi connectivity index (χ1n) is 2.79. The second-order valence-corrected chi connectivity index (χ2v) is 1.88. The van der Waals surface area contributed by atoms with Crippen molar-refractivity contribution in [2.75, 3.05) is 13.2 Å². The number of ether oxygens (including phenoxy) is 1. The molecule has 3 heteroatoms. The van der Waals surface area contributed by atoms with Crippen molar-refractivity contribution in [2.24, 2.45) is 0 Å². The molecule has 1 aliphatic rings. The fraction of sp³-hybridized carbons (Fsp3) is 0.500. The molecule has 0 atom stereocenters. The zero-order chi connectivity index (χ0) is 6.69. The maximum Gasteiger partial charge on any atom is 0.166 e. The SMILES string of the molecule is O=C1CCOCC1=CO. The summed E-state index contributed by atoms with van der Waals surface area (Å²) in [6.45, 7) is 0.742. The van der Waals surface area contributed by atoms with Crippen molar-refractivity contribution in [3.8, 4) is 0 Å². The third-order valence-electron chi connectivity index (χ3n) is 1.25. The number of hydrogen-bond donors (Lipinski definition) is 1. The molecule has 0 amide bonds. The van der Waals surface area contributed by atoms with Gasteiger partial charge in [-0.15, -0.1) is 0 Å². The first-order chi connectivity index (χ1) is 4.34. The van der Waals surface area contributed by atoms with Crippen molar-refractivity contribution in [1.29, 1.82) is 0 Å². The molecular formula is C6H8O3. The summed E-state index contributed by atoms with van der Waals surface area (Å²) < 4.78 is 4.89. The first-order valence-corrected chi connectivity index (χ1v) is 2.79. The van der Waals surface area contributed by atoms with E-state index in [2.05, 4.69) is 0 Å². The van der Waals surface area contributed by atoms with Gasteiger partial charge < -0.3 is 9.84 Å². The Bertz CT molecular complexity index is 148. The lowest BCUT2D eigenvalue weighted by Crippen LogP contribution is -2.18. The molecule has 0 unspecified atom stereocenters. The topological polar surface area (TPSA) is 46.5 Å². The van der Waals surface area contributed by atoms with E-state index < -0.39 is 0 Å². The second-order valence-electron chi connectivity index (χ2n) is 1.88. The van der Waals surface area contributed by atoms with Gasteiger partial charge in [0.1, 0.15) is 0 Å². The Labute approximate surface area is 52.9 Å². The normalized spacial score (nSPS) is 24.9. The summed E-state index contributed by atoms with van der Waals surface area (Å²) in [6, 6.07) is 0. The van der Waals surface area contributed by atoms with Gasteiger partial charge in [0.15, 0.2) is 5.78 Å². The number of ketones is 1. The molecule has 1 N–H and O–H groups in total. The van der Waals surface area contributed by atoms with E-state index >= 15 is 0 Å². The summed E-state index contributed by atoms with van der Waals surface area (Å²) in [5.41, 5.74) is 0.376. The predicted octanol–water partition coefficient (Wildman–Crippen LogP) is 0.418. The minimum Gasteiger partial charge on any atom is -0.515 e. The zero-order valence-corrected chi connectivity index (χ0v) is 4.96. The van der Waals surface area contributed by atoms with Crippen LogP contribution in [0.5, 0.6) is 0 Å². The average molecular weight is 128 g/mol. The van der Waals surface area contributed by atoms with E-state index in [4.69, 9.17) is 9.84 Å². The highest BCUT2D eigenvalue weighted by molar-refractivity contribution is 5.95. The number of carbonyl (C=O) groups excluding carboxylic acids is 1. The fourth-order valence-electron chi connectivity index (χ4n) is 0.697. The highest BCUT2D eigenvalue weighted by Crippen LogP contribution is 2.06. The lowest BCUT2D eigenvalue weighted by Gasteiger charge is -2.11. The Balaban J connectivity index is 2.60. The van der Waals surface area contributed by atoms with E-state index in [1.807, 2.05) is 0 Å². The molecular weight excluding hydrogens is 120 g/mol. The number of aliphatic hydroxyl groups excluding tert-OH is 1. The van der Waals surface area contributed by atoms with Gasteiger partial charge in [-0.25, -0.2) is 0 Å². The van der Waals surface area contributed by atoms with Gasteiger partial charge >= 0.3 is 0 Å². The van der Waals surface area contributed by atoms with Crippen LogP contribution in [0, 0.1) is 0 Å². The molecule has 1 aliphatic heterocycles. The van der Waals surface area contributed by atoms with Gasteiger partial charge in [0.05, 0.1) is 25.0 Å². The number of Topliss-reactive ketones (excluding diaryl/α,β-unsaturated/α-hetero) is 1. The smallest absolute Gasteiger partial charge is 0.166 e. The summed E-state index contributed by atoms with van der Waals surface area (Å²) in [5.74, 6) is -0.0104. The lowest BCUT2D eigenvalue weighted by atomic mass is 10.1. The van der Waals surface area contributed by atoms with Crippen LogP contribution < -0.4 is 0 Å². The minimum atomic E-state index is -0.0104. The standard InChI is InChI=1S/C6H8O3/c7-3-5-4-9-2-1-6(5)8/h3,7H,1-2,4H2. The van der Waals surface area contributed by atoms with Crippen LogP contribution in [0.3, 0.4) is 0 Å². The van der Waals surface area contributed by atoms with E-state index in [-0.39, 0.29) is 12.4 Å². The highest BCUT2D eigenvalue weighted by Gasteiger charge is 2.14. The molecule has 0 aromatic carbocycles. The van der Waals surface area contributed by atoms with Crippen molar-refractivity contribution in [3.05, 3.63) is 11.8 Å². The molecule has 0 aliphatic carbocycles. The highest BCUT2D eigenvalue weighted by atomic mass is 16.5. The van der Waals surface area contributed by atoms with Gasteiger partial charge in [0, 0.05) is 6.42 Å². The molecule has 0 aromatic rings. The van der Waals surface area contributed by atoms with Crippen molar-refractivity contribution in [2.45, 2.75) is 6.42 Å². The Morgan fingerprint density at radius 3 is 2.89 bits per heavy atom. The Morgan fingerprint density at radius 1 is 1.67 bits per heavy atom. The van der Waals surface area contributed by atoms with Crippen LogP contribution in [0.25, 0.3) is 0 Å². The molecule has 1 rings (SSSR count). The van der Waals surface area contributed by atoms with Gasteiger partial charge in [-0.1, -0.05) is 0 Å². The summed E-state index contributed by atoms with van der Waals surface area (Å²) in [5, 5.41) is 8.40. The van der Waals surface area contributed by atoms with Crippen LogP contribution in [0.4, 0.5) is 0 Å². The number of aliphatic hydroxyl groups is 1. The molecule has 0 spiro atoms. The predicted molar refractivity (Wildman–Crippen MR) is 31.2 cm³/mol. The van der Waals surface area contributed by atoms with E-state index in [9.17, 15) is 4.79 Å². The van der Waals surface area contributed by atoms with Crippen LogP contribution in [-0.2, 0) is 9.53 Å². The lowest BCUT2D eigenvalue weighted by molar-refractivity contribution is -0.119. The van der Waals surface area contributed by atoms with Crippen LogP contribution in [0.2, 0.25) is 0 Å². The fourth-order valence-corrected chi connectivity index (χ4v) is 0.697. The van der Waals surface area contributed by atoms with Crippen LogP contribution in [0.15, 0.2) is 11.8 Å². The van der Waals surface area contributed by atoms with Crippen molar-refractivity contribution in [1.82, 2.24) is 0 Å². The Hall–Kier alpha value is -0.830. The molecule has 1 fully saturated rings. The Kier molecular flexibility index (Phi) is 1.85. The van der Waals surface area contributed by atoms with Crippen LogP contribution >= 0.6 is 0 Å². The van der Waals surface area contributed by atoms with Crippen LogP contribution in [-0.4, -0.2) is 24.1 Å². The quantitative estimate of drug-likeness (QED) is 0.380. The molecule has 0 radical (unpaired) electrons. The third-order valence-corrected chi connectivity index (χ3v) is 1.25. The van der Waals surface area contributed by atoms with Gasteiger partial charge in [-0.05, 0) is 0 Å².